The minimum Gasteiger partial charge on any atom is -0.344 e. The van der Waals surface area contributed by atoms with E-state index in [0.29, 0.717) is 12.8 Å². The van der Waals surface area contributed by atoms with Crippen molar-refractivity contribution in [2.45, 2.75) is 43.9 Å². The molecule has 3 heterocycles. The number of carbonyl (C=O) groups is 1. The minimum atomic E-state index is -4.49. The van der Waals surface area contributed by atoms with Gasteiger partial charge in [-0.15, -0.1) is 10.2 Å². The topological polar surface area (TPSA) is 71.3 Å². The third kappa shape index (κ3) is 4.02. The zero-order chi connectivity index (χ0) is 21.4. The molecule has 1 fully saturated rings. The first-order chi connectivity index (χ1) is 14.3. The van der Waals surface area contributed by atoms with Crippen molar-refractivity contribution < 1.29 is 18.0 Å². The highest BCUT2D eigenvalue weighted by Gasteiger charge is 2.38. The molecule has 158 valence electrons. The molecule has 0 radical (unpaired) electrons. The summed E-state index contributed by atoms with van der Waals surface area (Å²) in [6, 6.07) is 11.0. The molecule has 1 aliphatic rings. The Balaban J connectivity index is 1.72. The molecule has 0 aliphatic carbocycles. The summed E-state index contributed by atoms with van der Waals surface area (Å²) in [6.45, 7) is 2.58. The van der Waals surface area contributed by atoms with Gasteiger partial charge in [-0.1, -0.05) is 30.3 Å². The third-order valence-corrected chi connectivity index (χ3v) is 5.53. The minimum absolute atomic E-state index is 0.204. The average molecular weight is 417 g/mol. The van der Waals surface area contributed by atoms with Crippen molar-refractivity contribution in [2.75, 3.05) is 6.54 Å². The summed E-state index contributed by atoms with van der Waals surface area (Å²) in [5.41, 5.74) is -0.302. The number of aromatic nitrogens is 3. The van der Waals surface area contributed by atoms with Gasteiger partial charge in [-0.25, -0.2) is 0 Å². The fourth-order valence-corrected chi connectivity index (χ4v) is 3.78. The Bertz CT molecular complexity index is 1040. The molecular formula is C21H22F3N5O. The lowest BCUT2D eigenvalue weighted by Gasteiger charge is -2.27. The number of benzene rings is 1. The smallest absolute Gasteiger partial charge is 0.344 e. The van der Waals surface area contributed by atoms with Gasteiger partial charge in [0.1, 0.15) is 0 Å². The lowest BCUT2D eigenvalue weighted by molar-refractivity contribution is -0.138. The molecular weight excluding hydrogens is 395 g/mol. The molecule has 2 atom stereocenters. The summed E-state index contributed by atoms with van der Waals surface area (Å²) in [5, 5.41) is 14.3. The van der Waals surface area contributed by atoms with Crippen LogP contribution in [0, 0.1) is 0 Å². The van der Waals surface area contributed by atoms with Crippen molar-refractivity contribution in [1.82, 2.24) is 25.2 Å². The predicted octanol–water partition coefficient (Wildman–Crippen LogP) is 3.29. The van der Waals surface area contributed by atoms with Crippen molar-refractivity contribution in [3.8, 4) is 0 Å². The van der Waals surface area contributed by atoms with E-state index in [1.54, 1.807) is 0 Å². The van der Waals surface area contributed by atoms with Gasteiger partial charge in [0.25, 0.3) is 0 Å². The van der Waals surface area contributed by atoms with Crippen LogP contribution >= 0.6 is 0 Å². The number of hydrogen-bond donors (Lipinski definition) is 2. The molecule has 0 bridgehead atoms. The van der Waals surface area contributed by atoms with Crippen molar-refractivity contribution in [1.29, 1.82) is 0 Å². The van der Waals surface area contributed by atoms with Crippen molar-refractivity contribution in [3.05, 3.63) is 65.6 Å². The molecule has 0 spiro atoms. The van der Waals surface area contributed by atoms with E-state index in [9.17, 15) is 18.0 Å². The van der Waals surface area contributed by atoms with Gasteiger partial charge >= 0.3 is 6.18 Å². The first kappa shape index (κ1) is 20.3. The molecule has 2 aromatic heterocycles. The highest BCUT2D eigenvalue weighted by atomic mass is 19.4. The van der Waals surface area contributed by atoms with E-state index in [-0.39, 0.29) is 17.4 Å². The molecule has 9 heteroatoms. The Morgan fingerprint density at radius 2 is 2.00 bits per heavy atom. The molecule has 3 aromatic rings. The molecule has 0 saturated carbocycles. The van der Waals surface area contributed by atoms with Crippen LogP contribution in [0.4, 0.5) is 13.2 Å². The molecule has 1 aliphatic heterocycles. The lowest BCUT2D eigenvalue weighted by Crippen LogP contribution is -2.52. The van der Waals surface area contributed by atoms with Gasteiger partial charge in [-0.2, -0.15) is 13.2 Å². The zero-order valence-corrected chi connectivity index (χ0v) is 16.4. The second kappa shape index (κ2) is 7.71. The van der Waals surface area contributed by atoms with Gasteiger partial charge in [0.15, 0.2) is 11.5 Å². The standard InChI is InChI=1S/C21H22F3N5O/c1-20(10-5-11-25-20)19(30)26-16(12-14-6-3-2-4-7-14)18-28-27-17-9-8-15(13-29(17)18)21(22,23)24/h2-4,6-9,13,16,25H,5,10-12H2,1H3,(H,26,30)/t16-,20?/m1/s1. The maximum absolute atomic E-state index is 13.2. The summed E-state index contributed by atoms with van der Waals surface area (Å²) in [4.78, 5) is 13.0. The number of hydrogen-bond acceptors (Lipinski definition) is 4. The van der Waals surface area contributed by atoms with Gasteiger partial charge in [0.05, 0.1) is 17.1 Å². The number of amides is 1. The number of nitrogens with zero attached hydrogens (tertiary/aromatic N) is 3. The number of halogens is 3. The van der Waals surface area contributed by atoms with Crippen molar-refractivity contribution in [2.24, 2.45) is 0 Å². The normalized spacial score (nSPS) is 20.4. The maximum atomic E-state index is 13.2. The van der Waals surface area contributed by atoms with Crippen LogP contribution in [-0.4, -0.2) is 32.6 Å². The van der Waals surface area contributed by atoms with Gasteiger partial charge in [-0.3, -0.25) is 9.20 Å². The van der Waals surface area contributed by atoms with Crippen LogP contribution in [0.25, 0.3) is 5.65 Å². The van der Waals surface area contributed by atoms with Crippen LogP contribution in [0.3, 0.4) is 0 Å². The van der Waals surface area contributed by atoms with E-state index in [1.165, 1.54) is 10.5 Å². The molecule has 1 amide bonds. The molecule has 4 rings (SSSR count). The van der Waals surface area contributed by atoms with E-state index < -0.39 is 23.3 Å². The van der Waals surface area contributed by atoms with E-state index >= 15 is 0 Å². The highest BCUT2D eigenvalue weighted by molar-refractivity contribution is 5.86. The Morgan fingerprint density at radius 3 is 2.67 bits per heavy atom. The molecule has 1 aromatic carbocycles. The summed E-state index contributed by atoms with van der Waals surface area (Å²) in [7, 11) is 0. The second-order valence-electron chi connectivity index (χ2n) is 7.78. The summed E-state index contributed by atoms with van der Waals surface area (Å²) in [5.74, 6) is 0.0551. The van der Waals surface area contributed by atoms with E-state index in [2.05, 4.69) is 20.8 Å². The fourth-order valence-electron chi connectivity index (χ4n) is 3.78. The SMILES string of the molecule is CC1(C(=O)N[C@H](Cc2ccccc2)c2nnc3ccc(C(F)(F)F)cn23)CCCN1. The summed E-state index contributed by atoms with van der Waals surface area (Å²) < 4.78 is 41.0. The summed E-state index contributed by atoms with van der Waals surface area (Å²) >= 11 is 0. The van der Waals surface area contributed by atoms with E-state index in [4.69, 9.17) is 0 Å². The first-order valence-corrected chi connectivity index (χ1v) is 9.78. The second-order valence-corrected chi connectivity index (χ2v) is 7.78. The number of carbonyl (C=O) groups excluding carboxylic acids is 1. The van der Waals surface area contributed by atoms with Gasteiger partial charge in [-0.05, 0) is 50.4 Å². The number of rotatable bonds is 5. The van der Waals surface area contributed by atoms with Crippen LogP contribution in [-0.2, 0) is 17.4 Å². The molecule has 1 unspecified atom stereocenters. The Kier molecular flexibility index (Phi) is 5.23. The largest absolute Gasteiger partial charge is 0.417 e. The maximum Gasteiger partial charge on any atom is 0.417 e. The van der Waals surface area contributed by atoms with Gasteiger partial charge < -0.3 is 10.6 Å². The highest BCUT2D eigenvalue weighted by Crippen LogP contribution is 2.30. The van der Waals surface area contributed by atoms with Gasteiger partial charge in [0, 0.05) is 6.20 Å². The van der Waals surface area contributed by atoms with Crippen LogP contribution in [0.5, 0.6) is 0 Å². The van der Waals surface area contributed by atoms with E-state index in [0.717, 1.165) is 30.8 Å². The Morgan fingerprint density at radius 1 is 1.23 bits per heavy atom. The van der Waals surface area contributed by atoms with Gasteiger partial charge in [0.2, 0.25) is 5.91 Å². The first-order valence-electron chi connectivity index (χ1n) is 9.78. The number of nitrogens with one attached hydrogen (secondary N) is 2. The third-order valence-electron chi connectivity index (χ3n) is 5.53. The quantitative estimate of drug-likeness (QED) is 0.668. The monoisotopic (exact) mass is 417 g/mol. The number of fused-ring (bicyclic) bond motifs is 1. The molecule has 2 N–H and O–H groups in total. The zero-order valence-electron chi connectivity index (χ0n) is 16.4. The number of alkyl halides is 3. The van der Waals surface area contributed by atoms with Crippen LogP contribution in [0.2, 0.25) is 0 Å². The molecule has 1 saturated heterocycles. The molecule has 30 heavy (non-hydrogen) atoms. The Labute approximate surface area is 171 Å². The predicted molar refractivity (Wildman–Crippen MR) is 105 cm³/mol. The van der Waals surface area contributed by atoms with Crippen LogP contribution < -0.4 is 10.6 Å². The summed E-state index contributed by atoms with van der Waals surface area (Å²) in [6.07, 6.45) is -1.56. The molecule has 6 nitrogen and oxygen atoms in total. The van der Waals surface area contributed by atoms with Crippen molar-refractivity contribution in [3.63, 3.8) is 0 Å². The number of pyridine rings is 1. The average Bonchev–Trinajstić information content (AvgIpc) is 3.34. The fraction of sp³-hybridized carbons (Fsp3) is 0.381. The van der Waals surface area contributed by atoms with Crippen LogP contribution in [0.15, 0.2) is 48.7 Å². The lowest BCUT2D eigenvalue weighted by atomic mass is 9.97. The van der Waals surface area contributed by atoms with E-state index in [1.807, 2.05) is 37.3 Å². The van der Waals surface area contributed by atoms with Crippen LogP contribution in [0.1, 0.15) is 42.8 Å². The Hall–Kier alpha value is -2.94. The van der Waals surface area contributed by atoms with Crippen molar-refractivity contribution >= 4 is 11.6 Å².